The van der Waals surface area contributed by atoms with E-state index in [2.05, 4.69) is 34.6 Å². The Kier molecular flexibility index (Phi) is 7.97. The van der Waals surface area contributed by atoms with Crippen LogP contribution in [-0.4, -0.2) is 30.3 Å². The van der Waals surface area contributed by atoms with Crippen LogP contribution >= 0.6 is 0 Å². The Hall–Kier alpha value is -3.67. The quantitative estimate of drug-likeness (QED) is 0.312. The van der Waals surface area contributed by atoms with E-state index < -0.39 is 0 Å². The van der Waals surface area contributed by atoms with Crippen molar-refractivity contribution in [3.63, 3.8) is 0 Å². The Labute approximate surface area is 176 Å². The molecule has 2 aromatic carbocycles. The fourth-order valence-corrected chi connectivity index (χ4v) is 2.68. The van der Waals surface area contributed by atoms with Gasteiger partial charge in [0.25, 0.3) is 5.91 Å². The molecular formula is C24H25N3O3. The largest absolute Gasteiger partial charge is 0.493 e. The van der Waals surface area contributed by atoms with Gasteiger partial charge < -0.3 is 9.47 Å². The van der Waals surface area contributed by atoms with Crippen LogP contribution in [0.3, 0.4) is 0 Å². The average molecular weight is 403 g/mol. The molecule has 0 aliphatic heterocycles. The minimum Gasteiger partial charge on any atom is -0.493 e. The third kappa shape index (κ3) is 6.74. The third-order valence-electron chi connectivity index (χ3n) is 4.34. The maximum Gasteiger partial charge on any atom is 0.271 e. The molecule has 0 saturated heterocycles. The highest BCUT2D eigenvalue weighted by Crippen LogP contribution is 2.14. The predicted molar refractivity (Wildman–Crippen MR) is 117 cm³/mol. The number of aromatic nitrogens is 1. The predicted octanol–water partition coefficient (Wildman–Crippen LogP) is 4.26. The summed E-state index contributed by atoms with van der Waals surface area (Å²) in [5.41, 5.74) is 5.12. The summed E-state index contributed by atoms with van der Waals surface area (Å²) in [5, 5.41) is 3.99. The zero-order chi connectivity index (χ0) is 21.0. The number of hydrogen-bond acceptors (Lipinski definition) is 5. The number of benzene rings is 2. The molecule has 6 heteroatoms. The molecule has 1 amide bonds. The number of nitrogens with one attached hydrogen (secondary N) is 1. The van der Waals surface area contributed by atoms with Gasteiger partial charge in [-0.15, -0.1) is 0 Å². The minimum atomic E-state index is -0.287. The molecule has 3 aromatic rings. The van der Waals surface area contributed by atoms with Crippen molar-refractivity contribution in [3.8, 4) is 11.5 Å². The van der Waals surface area contributed by atoms with Gasteiger partial charge >= 0.3 is 0 Å². The van der Waals surface area contributed by atoms with Crippen LogP contribution in [0.4, 0.5) is 0 Å². The van der Waals surface area contributed by atoms with Gasteiger partial charge in [-0.2, -0.15) is 5.10 Å². The number of hydrogen-bond donors (Lipinski definition) is 1. The molecule has 0 saturated carbocycles. The molecule has 0 bridgehead atoms. The van der Waals surface area contributed by atoms with E-state index in [0.717, 1.165) is 29.9 Å². The summed E-state index contributed by atoms with van der Waals surface area (Å²) in [7, 11) is 0. The van der Waals surface area contributed by atoms with E-state index in [0.29, 0.717) is 18.8 Å². The molecule has 1 N–H and O–H groups in total. The smallest absolute Gasteiger partial charge is 0.271 e. The minimum absolute atomic E-state index is 0.287. The van der Waals surface area contributed by atoms with Crippen LogP contribution in [0, 0.1) is 0 Å². The highest BCUT2D eigenvalue weighted by Gasteiger charge is 2.02. The van der Waals surface area contributed by atoms with Crippen molar-refractivity contribution in [3.05, 3.63) is 89.7 Å². The Morgan fingerprint density at radius 1 is 1.00 bits per heavy atom. The van der Waals surface area contributed by atoms with Crippen LogP contribution in [0.25, 0.3) is 0 Å². The first kappa shape index (κ1) is 21.0. The van der Waals surface area contributed by atoms with E-state index in [9.17, 15) is 4.79 Å². The number of hydrazone groups is 1. The van der Waals surface area contributed by atoms with Crippen molar-refractivity contribution in [1.29, 1.82) is 0 Å². The van der Waals surface area contributed by atoms with Gasteiger partial charge in [-0.05, 0) is 53.9 Å². The summed E-state index contributed by atoms with van der Waals surface area (Å²) in [6.45, 7) is 3.27. The number of aryl methyl sites for hydroxylation is 1. The van der Waals surface area contributed by atoms with Gasteiger partial charge in [0.1, 0.15) is 11.5 Å². The number of carbonyl (C=O) groups is 1. The number of amides is 1. The molecule has 0 radical (unpaired) electrons. The molecule has 1 heterocycles. The summed E-state index contributed by atoms with van der Waals surface area (Å²) < 4.78 is 11.5. The van der Waals surface area contributed by atoms with E-state index in [-0.39, 0.29) is 5.91 Å². The van der Waals surface area contributed by atoms with Crippen LogP contribution in [0.1, 0.15) is 34.8 Å². The summed E-state index contributed by atoms with van der Waals surface area (Å²) in [4.78, 5) is 15.8. The van der Waals surface area contributed by atoms with E-state index in [1.54, 1.807) is 30.7 Å². The number of pyridine rings is 1. The molecule has 30 heavy (non-hydrogen) atoms. The van der Waals surface area contributed by atoms with Gasteiger partial charge in [-0.3, -0.25) is 9.78 Å². The van der Waals surface area contributed by atoms with Crippen molar-refractivity contribution in [2.24, 2.45) is 5.10 Å². The van der Waals surface area contributed by atoms with Crippen molar-refractivity contribution in [2.75, 3.05) is 13.2 Å². The lowest BCUT2D eigenvalue weighted by molar-refractivity contribution is 0.0955. The van der Waals surface area contributed by atoms with Gasteiger partial charge in [-0.1, -0.05) is 31.2 Å². The van der Waals surface area contributed by atoms with Crippen molar-refractivity contribution in [2.45, 2.75) is 19.8 Å². The normalized spacial score (nSPS) is 10.7. The van der Waals surface area contributed by atoms with Crippen molar-refractivity contribution >= 4 is 12.1 Å². The zero-order valence-electron chi connectivity index (χ0n) is 17.0. The first-order valence-electron chi connectivity index (χ1n) is 9.92. The maximum atomic E-state index is 12.0. The van der Waals surface area contributed by atoms with Crippen LogP contribution < -0.4 is 14.9 Å². The van der Waals surface area contributed by atoms with Gasteiger partial charge in [0.15, 0.2) is 0 Å². The summed E-state index contributed by atoms with van der Waals surface area (Å²) in [5.74, 6) is 1.33. The lowest BCUT2D eigenvalue weighted by atomic mass is 10.2. The summed E-state index contributed by atoms with van der Waals surface area (Å²) in [6, 6.07) is 18.9. The van der Waals surface area contributed by atoms with E-state index in [4.69, 9.17) is 9.47 Å². The highest BCUT2D eigenvalue weighted by atomic mass is 16.5. The van der Waals surface area contributed by atoms with Gasteiger partial charge in [0.2, 0.25) is 0 Å². The Bertz CT molecular complexity index is 957. The monoisotopic (exact) mass is 403 g/mol. The second kappa shape index (κ2) is 11.4. The third-order valence-corrected chi connectivity index (χ3v) is 4.34. The summed E-state index contributed by atoms with van der Waals surface area (Å²) >= 11 is 0. The second-order valence-electron chi connectivity index (χ2n) is 6.56. The molecule has 0 unspecified atom stereocenters. The lowest BCUT2D eigenvalue weighted by Gasteiger charge is -2.09. The van der Waals surface area contributed by atoms with Crippen molar-refractivity contribution < 1.29 is 14.3 Å². The average Bonchev–Trinajstić information content (AvgIpc) is 2.80. The fourth-order valence-electron chi connectivity index (χ4n) is 2.68. The van der Waals surface area contributed by atoms with E-state index >= 15 is 0 Å². The second-order valence-corrected chi connectivity index (χ2v) is 6.56. The Morgan fingerprint density at radius 2 is 1.73 bits per heavy atom. The number of nitrogens with zero attached hydrogens (tertiary/aromatic N) is 2. The molecular weight excluding hydrogens is 378 g/mol. The van der Waals surface area contributed by atoms with Gasteiger partial charge in [0, 0.05) is 24.4 Å². The maximum absolute atomic E-state index is 12.0. The van der Waals surface area contributed by atoms with Crippen LogP contribution in [0.2, 0.25) is 0 Å². The van der Waals surface area contributed by atoms with Crippen molar-refractivity contribution in [1.82, 2.24) is 10.4 Å². The molecule has 6 nitrogen and oxygen atoms in total. The molecule has 3 rings (SSSR count). The standard InChI is InChI=1S/C24H25N3O3/c1-2-19-7-9-22(10-8-19)29-15-4-16-30-23-6-3-5-20(17-23)18-26-27-24(28)21-11-13-25-14-12-21/h3,5-14,17-18H,2,4,15-16H2,1H3,(H,27,28)/b26-18+. The van der Waals surface area contributed by atoms with E-state index in [1.165, 1.54) is 5.56 Å². The summed E-state index contributed by atoms with van der Waals surface area (Å²) in [6.07, 6.45) is 6.50. The zero-order valence-corrected chi connectivity index (χ0v) is 17.0. The highest BCUT2D eigenvalue weighted by molar-refractivity contribution is 5.94. The molecule has 0 fully saturated rings. The Balaban J connectivity index is 1.39. The van der Waals surface area contributed by atoms with Gasteiger partial charge in [-0.25, -0.2) is 5.43 Å². The molecule has 1 aromatic heterocycles. The molecule has 0 aliphatic rings. The van der Waals surface area contributed by atoms with Gasteiger partial charge in [0.05, 0.1) is 19.4 Å². The van der Waals surface area contributed by atoms with Crippen LogP contribution in [0.5, 0.6) is 11.5 Å². The number of ether oxygens (including phenoxy) is 2. The first-order chi connectivity index (χ1) is 14.7. The topological polar surface area (TPSA) is 72.8 Å². The first-order valence-corrected chi connectivity index (χ1v) is 9.92. The number of carbonyl (C=O) groups excluding carboxylic acids is 1. The lowest BCUT2D eigenvalue weighted by Crippen LogP contribution is -2.17. The molecule has 0 atom stereocenters. The van der Waals surface area contributed by atoms with Crippen LogP contribution in [0.15, 0.2) is 78.2 Å². The van der Waals surface area contributed by atoms with Crippen LogP contribution in [-0.2, 0) is 6.42 Å². The molecule has 0 spiro atoms. The SMILES string of the molecule is CCc1ccc(OCCCOc2cccc(/C=N/NC(=O)c3ccncc3)c2)cc1. The Morgan fingerprint density at radius 3 is 2.47 bits per heavy atom. The van der Waals surface area contributed by atoms with E-state index in [1.807, 2.05) is 36.4 Å². The molecule has 154 valence electrons. The fraction of sp³-hybridized carbons (Fsp3) is 0.208. The number of rotatable bonds is 10. The molecule has 0 aliphatic carbocycles.